The molecule has 6 heteroatoms. The highest BCUT2D eigenvalue weighted by Crippen LogP contribution is 2.37. The number of hydrogen-bond acceptors (Lipinski definition) is 4. The van der Waals surface area contributed by atoms with Crippen LogP contribution >= 0.6 is 0 Å². The van der Waals surface area contributed by atoms with E-state index in [0.29, 0.717) is 0 Å². The number of aromatic nitrogens is 4. The maximum absolute atomic E-state index is 5.88. The normalized spacial score (nSPS) is 12.1. The lowest BCUT2D eigenvalue weighted by molar-refractivity contribution is 0.244. The number of hydrogen-bond donors (Lipinski definition) is 1. The first-order valence-electron chi connectivity index (χ1n) is 20.7. The van der Waals surface area contributed by atoms with Crippen molar-refractivity contribution < 1.29 is 0 Å². The molecule has 286 valence electrons. The maximum atomic E-state index is 5.88. The van der Waals surface area contributed by atoms with Crippen LogP contribution in [0.5, 0.6) is 0 Å². The van der Waals surface area contributed by atoms with Crippen LogP contribution in [0.4, 0.5) is 0 Å². The van der Waals surface area contributed by atoms with E-state index in [1.165, 1.54) is 72.5 Å². The van der Waals surface area contributed by atoms with Crippen LogP contribution < -0.4 is 5.73 Å². The quantitative estimate of drug-likeness (QED) is 0.100. The average Bonchev–Trinajstić information content (AvgIpc) is 3.69. The number of unbranched alkanes of at least 4 members (excludes halogenated alkanes) is 3. The van der Waals surface area contributed by atoms with Crippen LogP contribution in [0.15, 0.2) is 121 Å². The topological polar surface area (TPSA) is 64.9 Å². The number of pyridine rings is 2. The van der Waals surface area contributed by atoms with Gasteiger partial charge in [-0.2, -0.15) is 0 Å². The molecule has 56 heavy (non-hydrogen) atoms. The summed E-state index contributed by atoms with van der Waals surface area (Å²) in [6.45, 7) is 14.0. The summed E-state index contributed by atoms with van der Waals surface area (Å²) in [4.78, 5) is 13.6. The Balaban J connectivity index is 1.20. The van der Waals surface area contributed by atoms with E-state index in [-0.39, 0.29) is 11.8 Å². The van der Waals surface area contributed by atoms with Gasteiger partial charge in [0.1, 0.15) is 0 Å². The van der Waals surface area contributed by atoms with E-state index in [4.69, 9.17) is 15.7 Å². The van der Waals surface area contributed by atoms with E-state index >= 15 is 0 Å². The Morgan fingerprint density at radius 3 is 1.39 bits per heavy atom. The highest BCUT2D eigenvalue weighted by molar-refractivity contribution is 6.10. The van der Waals surface area contributed by atoms with Crippen LogP contribution in [-0.2, 0) is 26.2 Å². The van der Waals surface area contributed by atoms with Crippen LogP contribution in [0.25, 0.3) is 43.6 Å². The highest BCUT2D eigenvalue weighted by Gasteiger charge is 2.22. The van der Waals surface area contributed by atoms with Crippen molar-refractivity contribution in [2.75, 3.05) is 13.1 Å². The zero-order chi connectivity index (χ0) is 38.6. The molecule has 0 bridgehead atoms. The third-order valence-corrected chi connectivity index (χ3v) is 11.3. The summed E-state index contributed by atoms with van der Waals surface area (Å²) >= 11 is 0. The van der Waals surface area contributed by atoms with Gasteiger partial charge in [-0.15, -0.1) is 0 Å². The fourth-order valence-electron chi connectivity index (χ4n) is 8.65. The van der Waals surface area contributed by atoms with Gasteiger partial charge in [-0.1, -0.05) is 138 Å². The predicted molar refractivity (Wildman–Crippen MR) is 235 cm³/mol. The first kappa shape index (κ1) is 37.6. The van der Waals surface area contributed by atoms with E-state index in [9.17, 15) is 0 Å². The first-order valence-corrected chi connectivity index (χ1v) is 20.7. The van der Waals surface area contributed by atoms with Crippen molar-refractivity contribution in [3.63, 3.8) is 0 Å². The Bertz CT molecular complexity index is 2390. The molecule has 0 aliphatic carbocycles. The molecule has 0 amide bonds. The summed E-state index contributed by atoms with van der Waals surface area (Å²) in [5.41, 5.74) is 18.1. The minimum Gasteiger partial charge on any atom is -0.334 e. The molecule has 0 fully saturated rings. The van der Waals surface area contributed by atoms with Crippen molar-refractivity contribution in [1.82, 2.24) is 24.0 Å². The zero-order valence-corrected chi connectivity index (χ0v) is 33.6. The van der Waals surface area contributed by atoms with Crippen LogP contribution in [0, 0.1) is 0 Å². The van der Waals surface area contributed by atoms with Gasteiger partial charge in [-0.25, -0.2) is 0 Å². The molecule has 0 saturated heterocycles. The van der Waals surface area contributed by atoms with Crippen LogP contribution in [0.1, 0.15) is 99.1 Å². The van der Waals surface area contributed by atoms with Gasteiger partial charge in [-0.3, -0.25) is 14.9 Å². The molecule has 0 saturated carbocycles. The molecule has 4 heterocycles. The fourth-order valence-corrected chi connectivity index (χ4v) is 8.65. The van der Waals surface area contributed by atoms with Crippen molar-refractivity contribution in [2.45, 2.75) is 91.4 Å². The SMILES string of the molecule is CC(C)c1nc(CN(CCCCCCN)Cc2cc3c4ccccc4n(Cc4ccccc4)c3c(C(C)C)n2)cc2c3ccccc3n(Cc3ccccc3)c12. The molecule has 8 rings (SSSR count). The summed E-state index contributed by atoms with van der Waals surface area (Å²) in [6.07, 6.45) is 4.52. The third kappa shape index (κ3) is 7.73. The largest absolute Gasteiger partial charge is 0.334 e. The molecule has 0 atom stereocenters. The van der Waals surface area contributed by atoms with E-state index < -0.39 is 0 Å². The summed E-state index contributed by atoms with van der Waals surface area (Å²) in [5.74, 6) is 0.541. The summed E-state index contributed by atoms with van der Waals surface area (Å²) in [5, 5.41) is 5.16. The second kappa shape index (κ2) is 16.8. The Hall–Kier alpha value is -5.30. The van der Waals surface area contributed by atoms with Crippen LogP contribution in [0.3, 0.4) is 0 Å². The van der Waals surface area contributed by atoms with E-state index in [1.54, 1.807) is 0 Å². The Kier molecular flexibility index (Phi) is 11.3. The lowest BCUT2D eigenvalue weighted by atomic mass is 10.0. The van der Waals surface area contributed by atoms with Crippen molar-refractivity contribution in [3.8, 4) is 0 Å². The Morgan fingerprint density at radius 1 is 0.518 bits per heavy atom. The standard InChI is InChI=1S/C50H56N6/c1-35(2)47-49-43(41-23-13-15-25-45(41)55(49)31-37-19-9-7-10-20-37)29-39(52-47)33-54(28-18-6-5-17-27-51)34-40-30-44-42-24-14-16-26-46(42)56(32-38-21-11-8-12-22-38)50(44)48(53-40)36(3)4/h7-16,19-26,29-30,35-36H,5-6,17-18,27-28,31-34,51H2,1-4H3. The second-order valence-electron chi connectivity index (χ2n) is 16.2. The van der Waals surface area contributed by atoms with Crippen LogP contribution in [0.2, 0.25) is 0 Å². The highest BCUT2D eigenvalue weighted by atomic mass is 15.1. The van der Waals surface area contributed by atoms with E-state index in [0.717, 1.165) is 69.9 Å². The number of fused-ring (bicyclic) bond motifs is 6. The maximum Gasteiger partial charge on any atom is 0.0716 e. The molecule has 6 nitrogen and oxygen atoms in total. The van der Waals surface area contributed by atoms with Crippen molar-refractivity contribution in [3.05, 3.63) is 155 Å². The molecule has 2 N–H and O–H groups in total. The predicted octanol–water partition coefficient (Wildman–Crippen LogP) is 11.6. The monoisotopic (exact) mass is 740 g/mol. The molecule has 0 aliphatic rings. The molecule has 4 aromatic heterocycles. The first-order chi connectivity index (χ1) is 27.4. The third-order valence-electron chi connectivity index (χ3n) is 11.3. The van der Waals surface area contributed by atoms with Gasteiger partial charge in [0.2, 0.25) is 0 Å². The number of para-hydroxylation sites is 2. The number of benzene rings is 4. The molecular formula is C50H56N6. The van der Waals surface area contributed by atoms with Crippen LogP contribution in [-0.4, -0.2) is 37.1 Å². The van der Waals surface area contributed by atoms with Gasteiger partial charge in [0.05, 0.1) is 33.8 Å². The van der Waals surface area contributed by atoms with Crippen molar-refractivity contribution in [1.29, 1.82) is 0 Å². The molecule has 4 aromatic carbocycles. The number of nitrogens with two attached hydrogens (primary N) is 1. The van der Waals surface area contributed by atoms with Gasteiger partial charge in [-0.05, 0) is 73.2 Å². The molecule has 0 unspecified atom stereocenters. The van der Waals surface area contributed by atoms with E-state index in [1.807, 2.05) is 0 Å². The minimum absolute atomic E-state index is 0.270. The minimum atomic E-state index is 0.270. The molecule has 0 aliphatic heterocycles. The molecular weight excluding hydrogens is 685 g/mol. The van der Waals surface area contributed by atoms with E-state index in [2.05, 4.69) is 163 Å². The lowest BCUT2D eigenvalue weighted by Crippen LogP contribution is -2.26. The second-order valence-corrected chi connectivity index (χ2v) is 16.2. The molecule has 0 spiro atoms. The lowest BCUT2D eigenvalue weighted by Gasteiger charge is -2.24. The number of nitrogens with zero attached hydrogens (tertiary/aromatic N) is 5. The Morgan fingerprint density at radius 2 is 0.946 bits per heavy atom. The van der Waals surface area contributed by atoms with Crippen molar-refractivity contribution >= 4 is 43.6 Å². The van der Waals surface area contributed by atoms with Gasteiger partial charge < -0.3 is 14.9 Å². The summed E-state index contributed by atoms with van der Waals surface area (Å²) < 4.78 is 4.98. The number of rotatable bonds is 16. The van der Waals surface area contributed by atoms with Gasteiger partial charge in [0.15, 0.2) is 0 Å². The smallest absolute Gasteiger partial charge is 0.0716 e. The van der Waals surface area contributed by atoms with Gasteiger partial charge >= 0.3 is 0 Å². The summed E-state index contributed by atoms with van der Waals surface area (Å²) in [6, 6.07) is 44.1. The molecule has 0 radical (unpaired) electrons. The zero-order valence-electron chi connectivity index (χ0n) is 33.6. The van der Waals surface area contributed by atoms with Crippen molar-refractivity contribution in [2.24, 2.45) is 5.73 Å². The Labute approximate surface area is 332 Å². The van der Waals surface area contributed by atoms with Gasteiger partial charge in [0, 0.05) is 58.8 Å². The van der Waals surface area contributed by atoms with Gasteiger partial charge in [0.25, 0.3) is 0 Å². The fraction of sp³-hybridized carbons (Fsp3) is 0.320. The average molecular weight is 741 g/mol. The summed E-state index contributed by atoms with van der Waals surface area (Å²) in [7, 11) is 0. The molecule has 8 aromatic rings.